The number of aromatic amines is 1. The van der Waals surface area contributed by atoms with Crippen LogP contribution in [0.25, 0.3) is 10.9 Å². The van der Waals surface area contributed by atoms with Crippen molar-refractivity contribution in [2.75, 3.05) is 27.3 Å². The summed E-state index contributed by atoms with van der Waals surface area (Å²) in [6, 6.07) is 12.4. The Kier molecular flexibility index (Phi) is 15.5. The van der Waals surface area contributed by atoms with Gasteiger partial charge in [0.15, 0.2) is 5.76 Å². The van der Waals surface area contributed by atoms with E-state index in [1.54, 1.807) is 36.5 Å². The van der Waals surface area contributed by atoms with Crippen LogP contribution in [0.5, 0.6) is 5.75 Å². The molecule has 0 bridgehead atoms. The SMILES string of the molecule is COCc1ccc(C(=O)N2CC(=O)N[C@H](Cc3c[nH]c4ccccc34)C(=O)N[C@@H](CC(C)C)C(=O)N[C@@H](Cc3ccc(OC)cc3)C(=O)N[C@H](C)C(=O)N[C@@H](C(C)C)C2)o1. The van der Waals surface area contributed by atoms with Gasteiger partial charge in [-0.2, -0.15) is 0 Å². The number of rotatable bonds is 11. The molecule has 4 aromatic rings. The highest BCUT2D eigenvalue weighted by atomic mass is 16.5. The Balaban J connectivity index is 1.55. The van der Waals surface area contributed by atoms with Gasteiger partial charge in [0.1, 0.15) is 48.8 Å². The number of methoxy groups -OCH3 is 2. The van der Waals surface area contributed by atoms with Crippen molar-refractivity contribution < 1.29 is 42.7 Å². The number of fused-ring (bicyclic) bond motifs is 1. The highest BCUT2D eigenvalue weighted by Crippen LogP contribution is 2.21. The monoisotopic (exact) mass is 827 g/mol. The average Bonchev–Trinajstić information content (AvgIpc) is 3.86. The number of aromatic nitrogens is 1. The molecule has 322 valence electrons. The topological polar surface area (TPSA) is 213 Å². The van der Waals surface area contributed by atoms with E-state index in [9.17, 15) is 28.8 Å². The quantitative estimate of drug-likeness (QED) is 0.131. The van der Waals surface area contributed by atoms with Gasteiger partial charge in [-0.05, 0) is 66.6 Å². The number of carbonyl (C=O) groups is 6. The zero-order chi connectivity index (χ0) is 43.5. The van der Waals surface area contributed by atoms with E-state index in [-0.39, 0.29) is 50.0 Å². The molecule has 2 aromatic heterocycles. The first-order chi connectivity index (χ1) is 28.6. The lowest BCUT2D eigenvalue weighted by atomic mass is 9.99. The number of amides is 6. The summed E-state index contributed by atoms with van der Waals surface area (Å²) in [4.78, 5) is 89.1. The summed E-state index contributed by atoms with van der Waals surface area (Å²) in [5.41, 5.74) is 2.27. The molecule has 6 N–H and O–H groups in total. The number of hydrogen-bond acceptors (Lipinski definition) is 9. The summed E-state index contributed by atoms with van der Waals surface area (Å²) in [5, 5.41) is 15.1. The summed E-state index contributed by atoms with van der Waals surface area (Å²) in [5.74, 6) is -3.08. The van der Waals surface area contributed by atoms with Crippen LogP contribution in [0.15, 0.2) is 71.3 Å². The van der Waals surface area contributed by atoms with Crippen molar-refractivity contribution >= 4 is 46.3 Å². The van der Waals surface area contributed by atoms with E-state index in [0.29, 0.717) is 17.1 Å². The smallest absolute Gasteiger partial charge is 0.290 e. The first-order valence-electron chi connectivity index (χ1n) is 20.2. The molecule has 3 heterocycles. The molecule has 16 heteroatoms. The fraction of sp³-hybridized carbons (Fsp3) is 0.455. The zero-order valence-electron chi connectivity index (χ0n) is 35.3. The van der Waals surface area contributed by atoms with Gasteiger partial charge in [0.05, 0.1) is 7.11 Å². The van der Waals surface area contributed by atoms with E-state index < -0.39 is 72.2 Å². The number of carbonyl (C=O) groups excluding carboxylic acids is 6. The molecule has 0 spiro atoms. The molecule has 1 aliphatic rings. The first kappa shape index (κ1) is 44.9. The highest BCUT2D eigenvalue weighted by Gasteiger charge is 2.34. The molecule has 0 aliphatic carbocycles. The van der Waals surface area contributed by atoms with Gasteiger partial charge in [-0.3, -0.25) is 28.8 Å². The van der Waals surface area contributed by atoms with E-state index >= 15 is 0 Å². The van der Waals surface area contributed by atoms with Crippen molar-refractivity contribution in [2.24, 2.45) is 11.8 Å². The Morgan fingerprint density at radius 3 is 2.13 bits per heavy atom. The summed E-state index contributed by atoms with van der Waals surface area (Å²) < 4.78 is 16.2. The van der Waals surface area contributed by atoms with E-state index in [4.69, 9.17) is 13.9 Å². The summed E-state index contributed by atoms with van der Waals surface area (Å²) in [6.07, 6.45) is 2.06. The lowest BCUT2D eigenvalue weighted by Gasteiger charge is -2.32. The summed E-state index contributed by atoms with van der Waals surface area (Å²) >= 11 is 0. The number of ether oxygens (including phenoxy) is 2. The maximum Gasteiger partial charge on any atom is 0.290 e. The van der Waals surface area contributed by atoms with E-state index in [1.165, 1.54) is 32.1 Å². The van der Waals surface area contributed by atoms with Crippen molar-refractivity contribution in [3.63, 3.8) is 0 Å². The van der Waals surface area contributed by atoms with E-state index in [1.807, 2.05) is 52.0 Å². The molecule has 16 nitrogen and oxygen atoms in total. The van der Waals surface area contributed by atoms with Crippen LogP contribution >= 0.6 is 0 Å². The second-order valence-electron chi connectivity index (χ2n) is 16.0. The Bertz CT molecular complexity index is 2130. The van der Waals surface area contributed by atoms with Crippen LogP contribution in [0.2, 0.25) is 0 Å². The molecule has 60 heavy (non-hydrogen) atoms. The molecule has 5 atom stereocenters. The molecule has 5 rings (SSSR count). The number of hydrogen-bond donors (Lipinski definition) is 6. The Morgan fingerprint density at radius 1 is 0.783 bits per heavy atom. The van der Waals surface area contributed by atoms with Crippen molar-refractivity contribution in [1.82, 2.24) is 36.5 Å². The van der Waals surface area contributed by atoms with E-state index in [2.05, 4.69) is 31.6 Å². The van der Waals surface area contributed by atoms with Gasteiger partial charge in [-0.1, -0.05) is 58.0 Å². The molecular formula is C44H57N7O9. The van der Waals surface area contributed by atoms with Gasteiger partial charge < -0.3 is 50.4 Å². The second-order valence-corrected chi connectivity index (χ2v) is 16.0. The molecule has 1 fully saturated rings. The molecule has 2 aromatic carbocycles. The minimum absolute atomic E-state index is 0.0369. The molecular weight excluding hydrogens is 771 g/mol. The fourth-order valence-corrected chi connectivity index (χ4v) is 7.03. The number of nitrogens with one attached hydrogen (secondary N) is 6. The summed E-state index contributed by atoms with van der Waals surface area (Å²) in [7, 11) is 3.03. The molecule has 0 unspecified atom stereocenters. The Labute approximate surface area is 349 Å². The Hall–Kier alpha value is -6.16. The van der Waals surface area contributed by atoms with Gasteiger partial charge in [0.2, 0.25) is 29.5 Å². The molecule has 0 saturated carbocycles. The van der Waals surface area contributed by atoms with Crippen LogP contribution in [0.1, 0.15) is 68.5 Å². The maximum absolute atomic E-state index is 14.4. The minimum atomic E-state index is -1.20. The summed E-state index contributed by atoms with van der Waals surface area (Å²) in [6.45, 7) is 8.49. The van der Waals surface area contributed by atoms with Gasteiger partial charge in [0.25, 0.3) is 5.91 Å². The van der Waals surface area contributed by atoms with Gasteiger partial charge in [-0.25, -0.2) is 0 Å². The number of benzene rings is 2. The van der Waals surface area contributed by atoms with Crippen molar-refractivity contribution in [2.45, 2.75) is 90.7 Å². The number of nitrogens with zero attached hydrogens (tertiary/aromatic N) is 1. The lowest BCUT2D eigenvalue weighted by molar-refractivity contribution is -0.135. The lowest BCUT2D eigenvalue weighted by Crippen LogP contribution is -2.60. The van der Waals surface area contributed by atoms with Crippen LogP contribution < -0.4 is 31.3 Å². The molecule has 6 amide bonds. The van der Waals surface area contributed by atoms with Crippen LogP contribution in [0.3, 0.4) is 0 Å². The van der Waals surface area contributed by atoms with E-state index in [0.717, 1.165) is 16.5 Å². The van der Waals surface area contributed by atoms with Gasteiger partial charge in [0, 0.05) is 49.6 Å². The van der Waals surface area contributed by atoms with Crippen LogP contribution in [0.4, 0.5) is 0 Å². The maximum atomic E-state index is 14.4. The third-order valence-electron chi connectivity index (χ3n) is 10.4. The van der Waals surface area contributed by atoms with Gasteiger partial charge >= 0.3 is 0 Å². The number of H-pyrrole nitrogens is 1. The third kappa shape index (κ3) is 12.0. The first-order valence-corrected chi connectivity index (χ1v) is 20.2. The second kappa shape index (κ2) is 20.7. The number of para-hydroxylation sites is 1. The van der Waals surface area contributed by atoms with Crippen molar-refractivity contribution in [3.8, 4) is 5.75 Å². The van der Waals surface area contributed by atoms with Crippen LogP contribution in [-0.2, 0) is 48.2 Å². The third-order valence-corrected chi connectivity index (χ3v) is 10.4. The number of furan rings is 1. The average molecular weight is 828 g/mol. The molecule has 1 aliphatic heterocycles. The van der Waals surface area contributed by atoms with Crippen molar-refractivity contribution in [1.29, 1.82) is 0 Å². The van der Waals surface area contributed by atoms with Crippen LogP contribution in [0, 0.1) is 11.8 Å². The largest absolute Gasteiger partial charge is 0.497 e. The normalized spacial score (nSPS) is 21.4. The van der Waals surface area contributed by atoms with Gasteiger partial charge in [-0.15, -0.1) is 0 Å². The predicted molar refractivity (Wildman–Crippen MR) is 224 cm³/mol. The zero-order valence-corrected chi connectivity index (χ0v) is 35.3. The molecule has 1 saturated heterocycles. The highest BCUT2D eigenvalue weighted by molar-refractivity contribution is 5.98. The minimum Gasteiger partial charge on any atom is -0.497 e. The van der Waals surface area contributed by atoms with Crippen LogP contribution in [-0.4, -0.2) is 103 Å². The van der Waals surface area contributed by atoms with Crippen molar-refractivity contribution in [3.05, 3.63) is 89.5 Å². The predicted octanol–water partition coefficient (Wildman–Crippen LogP) is 3.00. The Morgan fingerprint density at radius 2 is 1.45 bits per heavy atom. The standard InChI is InChI=1S/C44H57N7O9/c1-25(2)18-34-42(55)49-35(19-28-12-14-30(59-7)15-13-28)41(54)46-27(5)40(53)50-37(26(3)4)22-51(44(57)38-17-16-31(60-38)24-58-6)23-39(52)47-36(43(56)48-34)20-29-21-45-33-11-9-8-10-32(29)33/h8-17,21,25-27,34-37,45H,18-20,22-24H2,1-7H3,(H,46,54)(H,47,52)(H,48,56)(H,49,55)(H,50,53)/t27-,34+,35+,36-,37-/m1/s1. The molecule has 0 radical (unpaired) electrons. The fourth-order valence-electron chi connectivity index (χ4n) is 7.03.